The van der Waals surface area contributed by atoms with Gasteiger partial charge in [-0.2, -0.15) is 39.5 Å². The van der Waals surface area contributed by atoms with Crippen LogP contribution in [0.4, 0.5) is 52.7 Å². The van der Waals surface area contributed by atoms with E-state index in [0.29, 0.717) is 0 Å². The number of sulfonamides is 1. The van der Waals surface area contributed by atoms with E-state index >= 15 is 0 Å². The summed E-state index contributed by atoms with van der Waals surface area (Å²) in [6, 6.07) is 0. The number of halogens is 12. The third-order valence-corrected chi connectivity index (χ3v) is 5.75. The van der Waals surface area contributed by atoms with Gasteiger partial charge in [0.25, 0.3) is 5.67 Å². The molecule has 200 valence electrons. The Hall–Kier alpha value is -1.01. The molecule has 33 heavy (non-hydrogen) atoms. The average molecular weight is 538 g/mol. The Balaban J connectivity index is 5.37. The molecule has 1 atom stereocenters. The van der Waals surface area contributed by atoms with Crippen molar-refractivity contribution in [1.82, 2.24) is 4.72 Å². The lowest BCUT2D eigenvalue weighted by molar-refractivity contribution is -0.840. The highest BCUT2D eigenvalue weighted by Crippen LogP contribution is 2.53. The first-order valence-corrected chi connectivity index (χ1v) is 10.7. The number of hydroxylamine groups is 3. The van der Waals surface area contributed by atoms with Gasteiger partial charge < -0.3 is 9.85 Å². The summed E-state index contributed by atoms with van der Waals surface area (Å²) < 4.78 is 180. The van der Waals surface area contributed by atoms with Gasteiger partial charge in [-0.15, -0.1) is 0 Å². The largest absolute Gasteiger partial charge is 0.633 e. The van der Waals surface area contributed by atoms with Gasteiger partial charge in [-0.1, -0.05) is 0 Å². The number of nitrogens with one attached hydrogen (secondary N) is 1. The summed E-state index contributed by atoms with van der Waals surface area (Å²) in [5.74, 6) is -10.3. The van der Waals surface area contributed by atoms with Crippen molar-refractivity contribution in [2.45, 2.75) is 55.8 Å². The zero-order valence-corrected chi connectivity index (χ0v) is 18.0. The van der Waals surface area contributed by atoms with E-state index in [1.807, 2.05) is 0 Å². The molecule has 0 radical (unpaired) electrons. The number of nitrogens with zero attached hydrogens (tertiary/aromatic N) is 1. The van der Waals surface area contributed by atoms with Crippen LogP contribution in [0.1, 0.15) is 25.7 Å². The summed E-state index contributed by atoms with van der Waals surface area (Å²) in [6.45, 7) is -0.486. The third-order valence-electron chi connectivity index (χ3n) is 4.37. The molecule has 0 saturated carbocycles. The second-order valence-corrected chi connectivity index (χ2v) is 9.84. The topological polar surface area (TPSA) is 69.2 Å². The maximum Gasteiger partial charge on any atom is 0.431 e. The molecule has 1 unspecified atom stereocenters. The van der Waals surface area contributed by atoms with Crippen LogP contribution in [0.2, 0.25) is 0 Å². The molecule has 0 aromatic carbocycles. The first kappa shape index (κ1) is 32.0. The molecular formula is C15H22F12N2O3S. The lowest BCUT2D eigenvalue weighted by atomic mass is 9.86. The van der Waals surface area contributed by atoms with Gasteiger partial charge in [-0.05, 0) is 0 Å². The molecule has 0 aromatic rings. The van der Waals surface area contributed by atoms with Gasteiger partial charge in [0.15, 0.2) is 0 Å². The van der Waals surface area contributed by atoms with Crippen molar-refractivity contribution in [3.63, 3.8) is 0 Å². The van der Waals surface area contributed by atoms with Gasteiger partial charge in [-0.25, -0.2) is 26.3 Å². The number of hydrogen-bond donors (Lipinski definition) is 1. The molecule has 0 spiro atoms. The van der Waals surface area contributed by atoms with Gasteiger partial charge in [0.05, 0.1) is 32.3 Å². The smallest absolute Gasteiger partial charge is 0.431 e. The van der Waals surface area contributed by atoms with E-state index in [-0.39, 0.29) is 13.0 Å². The monoisotopic (exact) mass is 538 g/mol. The minimum Gasteiger partial charge on any atom is -0.633 e. The molecule has 0 amide bonds. The van der Waals surface area contributed by atoms with Gasteiger partial charge in [0, 0.05) is 32.2 Å². The van der Waals surface area contributed by atoms with E-state index in [9.17, 15) is 66.3 Å². The van der Waals surface area contributed by atoms with Crippen LogP contribution in [0.5, 0.6) is 0 Å². The number of quaternary nitrogens is 1. The van der Waals surface area contributed by atoms with E-state index in [1.54, 1.807) is 4.72 Å². The van der Waals surface area contributed by atoms with Gasteiger partial charge in [0.2, 0.25) is 15.9 Å². The zero-order chi connectivity index (χ0) is 26.7. The molecule has 0 rings (SSSR count). The molecule has 18 heteroatoms. The van der Waals surface area contributed by atoms with E-state index < -0.39 is 82.3 Å². The molecule has 0 aliphatic heterocycles. The molecule has 5 nitrogen and oxygen atoms in total. The number of rotatable bonds is 12. The third kappa shape index (κ3) is 10.9. The van der Waals surface area contributed by atoms with Crippen LogP contribution < -0.4 is 4.72 Å². The van der Waals surface area contributed by atoms with E-state index in [1.165, 1.54) is 14.1 Å². The maximum absolute atomic E-state index is 13.9. The summed E-state index contributed by atoms with van der Waals surface area (Å²) in [5, 5.41) is 11.3. The fraction of sp³-hybridized carbons (Fsp3) is 1.00. The van der Waals surface area contributed by atoms with Crippen LogP contribution in [-0.2, 0) is 10.0 Å². The Labute approximate surface area is 181 Å². The molecule has 0 saturated heterocycles. The van der Waals surface area contributed by atoms with E-state index in [2.05, 4.69) is 0 Å². The summed E-state index contributed by atoms with van der Waals surface area (Å²) >= 11 is 0. The second-order valence-electron chi connectivity index (χ2n) is 7.91. The van der Waals surface area contributed by atoms with Crippen molar-refractivity contribution in [3.05, 3.63) is 5.21 Å². The highest BCUT2D eigenvalue weighted by atomic mass is 32.2. The standard InChI is InChI=1S/C15H22F12N2O3S/c1-29(2,30)6-3-5-28-33(31,32)7-4-11(16,17)8-10(13(19,20)21)9-12(18,14(22,23)24)15(25,26)27/h10,28H,3-9H2,1-2H3. The normalized spacial score (nSPS) is 16.2. The van der Waals surface area contributed by atoms with Crippen molar-refractivity contribution in [2.24, 2.45) is 5.92 Å². The Morgan fingerprint density at radius 3 is 1.67 bits per heavy atom. The summed E-state index contributed by atoms with van der Waals surface area (Å²) in [5.41, 5.74) is -6.42. The fourth-order valence-electron chi connectivity index (χ4n) is 2.54. The number of alkyl halides is 12. The quantitative estimate of drug-likeness (QED) is 0.170. The number of hydrogen-bond acceptors (Lipinski definition) is 3. The predicted molar refractivity (Wildman–Crippen MR) is 91.0 cm³/mol. The van der Waals surface area contributed by atoms with Crippen molar-refractivity contribution >= 4 is 10.0 Å². The fourth-order valence-corrected chi connectivity index (χ4v) is 3.71. The van der Waals surface area contributed by atoms with Crippen LogP contribution >= 0.6 is 0 Å². The summed E-state index contributed by atoms with van der Waals surface area (Å²) in [6.07, 6.45) is -27.9. The SMILES string of the molecule is C[N+](C)([O-])CCCNS(=O)(=O)CCC(F)(F)CC(CC(F)(C(F)(F)F)C(F)(F)F)C(F)(F)F. The lowest BCUT2D eigenvalue weighted by Crippen LogP contribution is -2.55. The molecular weight excluding hydrogens is 516 g/mol. The van der Waals surface area contributed by atoms with E-state index in [0.717, 1.165) is 0 Å². The van der Waals surface area contributed by atoms with Crippen LogP contribution in [-0.4, -0.2) is 76.1 Å². The van der Waals surface area contributed by atoms with Gasteiger partial charge >= 0.3 is 18.5 Å². The molecule has 0 aliphatic carbocycles. The minimum atomic E-state index is -6.88. The maximum atomic E-state index is 13.9. The molecule has 0 aromatic heterocycles. The Bertz CT molecular complexity index is 712. The summed E-state index contributed by atoms with van der Waals surface area (Å²) in [4.78, 5) is 0. The van der Waals surface area contributed by atoms with Crippen molar-refractivity contribution < 1.29 is 65.7 Å². The van der Waals surface area contributed by atoms with Crippen LogP contribution in [0.15, 0.2) is 0 Å². The Kier molecular flexibility index (Phi) is 10.00. The first-order chi connectivity index (χ1) is 14.2. The lowest BCUT2D eigenvalue weighted by Gasteiger charge is -2.34. The van der Waals surface area contributed by atoms with Crippen LogP contribution in [0.25, 0.3) is 0 Å². The predicted octanol–water partition coefficient (Wildman–Crippen LogP) is 4.69. The first-order valence-electron chi connectivity index (χ1n) is 9.01. The highest BCUT2D eigenvalue weighted by molar-refractivity contribution is 7.89. The van der Waals surface area contributed by atoms with Gasteiger partial charge in [0.1, 0.15) is 0 Å². The van der Waals surface area contributed by atoms with Crippen molar-refractivity contribution in [2.75, 3.05) is 32.9 Å². The Morgan fingerprint density at radius 2 is 1.30 bits per heavy atom. The van der Waals surface area contributed by atoms with Gasteiger partial charge in [-0.3, -0.25) is 0 Å². The molecule has 1 N–H and O–H groups in total. The second kappa shape index (κ2) is 10.3. The zero-order valence-electron chi connectivity index (χ0n) is 17.1. The highest BCUT2D eigenvalue weighted by Gasteiger charge is 2.74. The summed E-state index contributed by atoms with van der Waals surface area (Å²) in [7, 11) is -2.10. The minimum absolute atomic E-state index is 0.0459. The van der Waals surface area contributed by atoms with E-state index in [4.69, 9.17) is 0 Å². The van der Waals surface area contributed by atoms with Crippen molar-refractivity contribution in [3.8, 4) is 0 Å². The van der Waals surface area contributed by atoms with Crippen LogP contribution in [0.3, 0.4) is 0 Å². The average Bonchev–Trinajstić information content (AvgIpc) is 2.53. The molecule has 0 aliphatic rings. The molecule has 0 heterocycles. The molecule has 0 bridgehead atoms. The van der Waals surface area contributed by atoms with Crippen molar-refractivity contribution in [1.29, 1.82) is 0 Å². The Morgan fingerprint density at radius 1 is 0.848 bits per heavy atom. The van der Waals surface area contributed by atoms with Crippen LogP contribution in [0, 0.1) is 11.1 Å². The molecule has 0 fully saturated rings.